The third kappa shape index (κ3) is 5.05. The van der Waals surface area contributed by atoms with Crippen LogP contribution in [0, 0.1) is 17.0 Å². The summed E-state index contributed by atoms with van der Waals surface area (Å²) in [6.45, 7) is 5.55. The number of rotatable bonds is 7. The molecule has 28 heavy (non-hydrogen) atoms. The van der Waals surface area contributed by atoms with E-state index in [0.717, 1.165) is 31.7 Å². The van der Waals surface area contributed by atoms with Crippen LogP contribution in [-0.2, 0) is 11.3 Å². The number of hydrogen-bond acceptors (Lipinski definition) is 8. The first-order valence-corrected chi connectivity index (χ1v) is 8.94. The van der Waals surface area contributed by atoms with E-state index in [-0.39, 0.29) is 18.1 Å². The lowest BCUT2D eigenvalue weighted by molar-refractivity contribution is -0.385. The van der Waals surface area contributed by atoms with Crippen LogP contribution in [0.4, 0.5) is 11.5 Å². The number of nitrogens with one attached hydrogen (secondary N) is 1. The summed E-state index contributed by atoms with van der Waals surface area (Å²) in [7, 11) is 1.55. The molecule has 0 bridgehead atoms. The number of aryl methyl sites for hydroxylation is 1. The summed E-state index contributed by atoms with van der Waals surface area (Å²) in [6.07, 6.45) is 0. The monoisotopic (exact) mass is 389 g/mol. The quantitative estimate of drug-likeness (QED) is 0.562. The standard InChI is InChI=1S/C18H23N5O5/c1-13-9-17(20-28-13)19-18(24)12-22-7-5-21(6-8-22)11-14-10-15(23(25)26)3-4-16(14)27-2/h3-4,9-10H,5-8,11-12H2,1-2H3,(H,19,20,24). The maximum atomic E-state index is 12.1. The van der Waals surface area contributed by atoms with Crippen molar-refractivity contribution in [3.8, 4) is 5.75 Å². The first-order valence-electron chi connectivity index (χ1n) is 8.94. The Morgan fingerprint density at radius 1 is 1.29 bits per heavy atom. The number of methoxy groups -OCH3 is 1. The largest absolute Gasteiger partial charge is 0.496 e. The minimum atomic E-state index is -0.407. The summed E-state index contributed by atoms with van der Waals surface area (Å²) in [6, 6.07) is 6.29. The number of nitro groups is 1. The van der Waals surface area contributed by atoms with Crippen molar-refractivity contribution < 1.29 is 19.0 Å². The van der Waals surface area contributed by atoms with E-state index in [1.54, 1.807) is 32.2 Å². The van der Waals surface area contributed by atoms with Gasteiger partial charge in [-0.1, -0.05) is 5.16 Å². The van der Waals surface area contributed by atoms with Crippen molar-refractivity contribution >= 4 is 17.4 Å². The average Bonchev–Trinajstić information content (AvgIpc) is 3.07. The fourth-order valence-corrected chi connectivity index (χ4v) is 3.16. The molecule has 0 saturated carbocycles. The highest BCUT2D eigenvalue weighted by molar-refractivity contribution is 5.91. The molecular formula is C18H23N5O5. The van der Waals surface area contributed by atoms with Crippen molar-refractivity contribution in [1.82, 2.24) is 15.0 Å². The molecule has 0 unspecified atom stereocenters. The van der Waals surface area contributed by atoms with Crippen LogP contribution in [0.2, 0.25) is 0 Å². The van der Waals surface area contributed by atoms with Gasteiger partial charge in [0, 0.05) is 56.5 Å². The van der Waals surface area contributed by atoms with Crippen LogP contribution in [0.5, 0.6) is 5.75 Å². The Hall–Kier alpha value is -2.98. The van der Waals surface area contributed by atoms with Crippen molar-refractivity contribution in [2.75, 3.05) is 45.2 Å². The smallest absolute Gasteiger partial charge is 0.270 e. The Labute approximate surface area is 162 Å². The van der Waals surface area contributed by atoms with E-state index in [4.69, 9.17) is 9.26 Å². The SMILES string of the molecule is COc1ccc([N+](=O)[O-])cc1CN1CCN(CC(=O)Nc2cc(C)on2)CC1. The highest BCUT2D eigenvalue weighted by atomic mass is 16.6. The molecule has 0 spiro atoms. The lowest BCUT2D eigenvalue weighted by atomic mass is 10.1. The van der Waals surface area contributed by atoms with Crippen LogP contribution in [0.15, 0.2) is 28.8 Å². The van der Waals surface area contributed by atoms with Crippen molar-refractivity contribution in [1.29, 1.82) is 0 Å². The molecule has 1 aliphatic rings. The molecular weight excluding hydrogens is 366 g/mol. The molecule has 1 N–H and O–H groups in total. The fourth-order valence-electron chi connectivity index (χ4n) is 3.16. The number of hydrogen-bond donors (Lipinski definition) is 1. The van der Waals surface area contributed by atoms with Gasteiger partial charge in [0.25, 0.3) is 5.69 Å². The first kappa shape index (κ1) is 19.8. The lowest BCUT2D eigenvalue weighted by Gasteiger charge is -2.34. The van der Waals surface area contributed by atoms with E-state index in [9.17, 15) is 14.9 Å². The van der Waals surface area contributed by atoms with Crippen LogP contribution >= 0.6 is 0 Å². The Morgan fingerprint density at radius 3 is 2.61 bits per heavy atom. The maximum absolute atomic E-state index is 12.1. The molecule has 0 atom stereocenters. The number of piperazine rings is 1. The topological polar surface area (TPSA) is 114 Å². The zero-order valence-corrected chi connectivity index (χ0v) is 15.9. The summed E-state index contributed by atoms with van der Waals surface area (Å²) in [5.74, 6) is 1.55. The van der Waals surface area contributed by atoms with E-state index >= 15 is 0 Å². The van der Waals surface area contributed by atoms with Gasteiger partial charge in [-0.05, 0) is 13.0 Å². The lowest BCUT2D eigenvalue weighted by Crippen LogP contribution is -2.48. The van der Waals surface area contributed by atoms with Crippen molar-refractivity contribution in [3.63, 3.8) is 0 Å². The molecule has 150 valence electrons. The van der Waals surface area contributed by atoms with Gasteiger partial charge in [0.15, 0.2) is 5.82 Å². The van der Waals surface area contributed by atoms with Crippen molar-refractivity contribution in [2.24, 2.45) is 0 Å². The van der Waals surface area contributed by atoms with E-state index in [2.05, 4.69) is 20.3 Å². The summed E-state index contributed by atoms with van der Waals surface area (Å²) >= 11 is 0. The highest BCUT2D eigenvalue weighted by Crippen LogP contribution is 2.25. The number of nitro benzene ring substituents is 1. The van der Waals surface area contributed by atoms with Gasteiger partial charge in [0.05, 0.1) is 18.6 Å². The van der Waals surface area contributed by atoms with Gasteiger partial charge in [-0.25, -0.2) is 0 Å². The molecule has 1 fully saturated rings. The molecule has 1 aromatic carbocycles. The normalized spacial score (nSPS) is 15.4. The third-order valence-electron chi connectivity index (χ3n) is 4.60. The molecule has 1 amide bonds. The number of nitrogens with zero attached hydrogens (tertiary/aromatic N) is 4. The van der Waals surface area contributed by atoms with Gasteiger partial charge in [0.1, 0.15) is 11.5 Å². The Bertz CT molecular complexity index is 845. The van der Waals surface area contributed by atoms with Crippen molar-refractivity contribution in [2.45, 2.75) is 13.5 Å². The molecule has 0 radical (unpaired) electrons. The van der Waals surface area contributed by atoms with Gasteiger partial charge in [-0.2, -0.15) is 0 Å². The second-order valence-electron chi connectivity index (χ2n) is 6.68. The molecule has 3 rings (SSSR count). The number of carbonyl (C=O) groups excluding carboxylic acids is 1. The minimum absolute atomic E-state index is 0.0502. The number of non-ortho nitro benzene ring substituents is 1. The highest BCUT2D eigenvalue weighted by Gasteiger charge is 2.21. The maximum Gasteiger partial charge on any atom is 0.270 e. The van der Waals surface area contributed by atoms with Crippen LogP contribution in [0.1, 0.15) is 11.3 Å². The summed E-state index contributed by atoms with van der Waals surface area (Å²) < 4.78 is 10.3. The average molecular weight is 389 g/mol. The number of carbonyl (C=O) groups is 1. The fraction of sp³-hybridized carbons (Fsp3) is 0.444. The molecule has 10 heteroatoms. The third-order valence-corrected chi connectivity index (χ3v) is 4.60. The van der Waals surface area contributed by atoms with Crippen LogP contribution in [0.25, 0.3) is 0 Å². The second-order valence-corrected chi connectivity index (χ2v) is 6.68. The predicted octanol–water partition coefficient (Wildman–Crippen LogP) is 1.66. The number of amides is 1. The van der Waals surface area contributed by atoms with E-state index in [1.165, 1.54) is 6.07 Å². The first-order chi connectivity index (χ1) is 13.4. The molecule has 1 saturated heterocycles. The van der Waals surface area contributed by atoms with Crippen LogP contribution in [0.3, 0.4) is 0 Å². The second kappa shape index (κ2) is 8.81. The molecule has 1 aliphatic heterocycles. The molecule has 1 aromatic heterocycles. The molecule has 2 aromatic rings. The van der Waals surface area contributed by atoms with Gasteiger partial charge in [-0.3, -0.25) is 24.7 Å². The van der Waals surface area contributed by atoms with Gasteiger partial charge in [-0.15, -0.1) is 0 Å². The Balaban J connectivity index is 1.51. The van der Waals surface area contributed by atoms with E-state index < -0.39 is 4.92 Å². The number of benzene rings is 1. The van der Waals surface area contributed by atoms with Crippen molar-refractivity contribution in [3.05, 3.63) is 45.7 Å². The number of ether oxygens (including phenoxy) is 1. The minimum Gasteiger partial charge on any atom is -0.496 e. The van der Waals surface area contributed by atoms with Gasteiger partial charge >= 0.3 is 0 Å². The predicted molar refractivity (Wildman–Crippen MR) is 101 cm³/mol. The van der Waals surface area contributed by atoms with Gasteiger partial charge < -0.3 is 14.6 Å². The summed E-state index contributed by atoms with van der Waals surface area (Å²) in [5.41, 5.74) is 0.832. The number of aromatic nitrogens is 1. The van der Waals surface area contributed by atoms with Gasteiger partial charge in [0.2, 0.25) is 5.91 Å². The molecule has 2 heterocycles. The Morgan fingerprint density at radius 2 is 2.00 bits per heavy atom. The number of anilines is 1. The summed E-state index contributed by atoms with van der Waals surface area (Å²) in [4.78, 5) is 27.0. The zero-order valence-electron chi connectivity index (χ0n) is 15.9. The van der Waals surface area contributed by atoms with E-state index in [0.29, 0.717) is 23.9 Å². The van der Waals surface area contributed by atoms with E-state index in [1.807, 2.05) is 0 Å². The molecule has 10 nitrogen and oxygen atoms in total. The van der Waals surface area contributed by atoms with Crippen LogP contribution < -0.4 is 10.1 Å². The zero-order chi connectivity index (χ0) is 20.1. The summed E-state index contributed by atoms with van der Waals surface area (Å²) in [5, 5.41) is 17.5. The molecule has 0 aliphatic carbocycles. The van der Waals surface area contributed by atoms with Crippen LogP contribution in [-0.4, -0.2) is 65.6 Å². The Kier molecular flexibility index (Phi) is 6.22.